The van der Waals surface area contributed by atoms with E-state index < -0.39 is 21.7 Å². The minimum Gasteiger partial charge on any atom is -0.306 e. The molecule has 0 saturated carbocycles. The molecule has 180 valence electrons. The van der Waals surface area contributed by atoms with Crippen LogP contribution in [0.3, 0.4) is 0 Å². The number of hydrogen-bond acceptors (Lipinski definition) is 7. The zero-order valence-electron chi connectivity index (χ0n) is 19.2. The Morgan fingerprint density at radius 3 is 2.76 bits per heavy atom. The summed E-state index contributed by atoms with van der Waals surface area (Å²) < 4.78 is 42.6. The van der Waals surface area contributed by atoms with E-state index in [4.69, 9.17) is 0 Å². The van der Waals surface area contributed by atoms with E-state index in [0.717, 1.165) is 0 Å². The van der Waals surface area contributed by atoms with E-state index in [0.29, 0.717) is 42.2 Å². The molecule has 0 spiro atoms. The molecule has 12 heteroatoms. The SMILES string of the molecule is CCCS(=O)(=O)N1CCc2cc(F)c(C(=O)Nc3cccc(-n4nnnc4C(C)C)n3)cc2C1. The number of benzene rings is 1. The summed E-state index contributed by atoms with van der Waals surface area (Å²) in [5.74, 6) is -0.0106. The topological polar surface area (TPSA) is 123 Å². The Labute approximate surface area is 197 Å². The molecule has 4 rings (SSSR count). The minimum atomic E-state index is -3.39. The second kappa shape index (κ2) is 9.55. The Kier molecular flexibility index (Phi) is 6.71. The van der Waals surface area contributed by atoms with Crippen molar-refractivity contribution in [2.24, 2.45) is 0 Å². The molecule has 0 unspecified atom stereocenters. The van der Waals surface area contributed by atoms with Crippen molar-refractivity contribution in [1.82, 2.24) is 29.5 Å². The minimum absolute atomic E-state index is 0.0543. The van der Waals surface area contributed by atoms with Gasteiger partial charge in [0.05, 0.1) is 11.3 Å². The third-order valence-corrected chi connectivity index (χ3v) is 7.59. The highest BCUT2D eigenvalue weighted by Crippen LogP contribution is 2.25. The van der Waals surface area contributed by atoms with Gasteiger partial charge in [-0.3, -0.25) is 4.79 Å². The molecular formula is C22H26FN7O3S. The van der Waals surface area contributed by atoms with Crippen LogP contribution < -0.4 is 5.32 Å². The van der Waals surface area contributed by atoms with E-state index in [1.165, 1.54) is 21.1 Å². The maximum Gasteiger partial charge on any atom is 0.259 e. The van der Waals surface area contributed by atoms with Gasteiger partial charge in [0.2, 0.25) is 10.0 Å². The van der Waals surface area contributed by atoms with Crippen molar-refractivity contribution in [1.29, 1.82) is 0 Å². The van der Waals surface area contributed by atoms with Crippen LogP contribution in [0.4, 0.5) is 10.2 Å². The second-order valence-corrected chi connectivity index (χ2v) is 10.5. The van der Waals surface area contributed by atoms with Crippen molar-refractivity contribution in [2.45, 2.75) is 46.1 Å². The van der Waals surface area contributed by atoms with Crippen LogP contribution in [0.25, 0.3) is 5.82 Å². The fourth-order valence-electron chi connectivity index (χ4n) is 3.86. The Morgan fingerprint density at radius 1 is 1.24 bits per heavy atom. The summed E-state index contributed by atoms with van der Waals surface area (Å²) in [6, 6.07) is 7.70. The van der Waals surface area contributed by atoms with Crippen molar-refractivity contribution in [3.63, 3.8) is 0 Å². The fraction of sp³-hybridized carbons (Fsp3) is 0.409. The number of hydrogen-bond donors (Lipinski definition) is 1. The number of carbonyl (C=O) groups is 1. The van der Waals surface area contributed by atoms with Crippen LogP contribution in [0.15, 0.2) is 30.3 Å². The number of nitrogens with one attached hydrogen (secondary N) is 1. The van der Waals surface area contributed by atoms with Crippen molar-refractivity contribution >= 4 is 21.7 Å². The highest BCUT2D eigenvalue weighted by Gasteiger charge is 2.28. The molecule has 0 saturated heterocycles. The first-order valence-electron chi connectivity index (χ1n) is 11.1. The number of rotatable bonds is 7. The van der Waals surface area contributed by atoms with E-state index in [2.05, 4.69) is 25.8 Å². The lowest BCUT2D eigenvalue weighted by molar-refractivity contribution is 0.102. The van der Waals surface area contributed by atoms with Gasteiger partial charge < -0.3 is 5.32 Å². The quantitative estimate of drug-likeness (QED) is 0.543. The van der Waals surface area contributed by atoms with Gasteiger partial charge in [-0.25, -0.2) is 17.8 Å². The predicted molar refractivity (Wildman–Crippen MR) is 124 cm³/mol. The molecule has 1 amide bonds. The van der Waals surface area contributed by atoms with Gasteiger partial charge in [0.25, 0.3) is 5.91 Å². The number of pyridine rings is 1. The van der Waals surface area contributed by atoms with Gasteiger partial charge in [0.1, 0.15) is 11.6 Å². The van der Waals surface area contributed by atoms with Crippen LogP contribution in [-0.2, 0) is 23.0 Å². The zero-order valence-corrected chi connectivity index (χ0v) is 20.0. The third kappa shape index (κ3) is 4.82. The van der Waals surface area contributed by atoms with Crippen molar-refractivity contribution < 1.29 is 17.6 Å². The van der Waals surface area contributed by atoms with Crippen LogP contribution in [0, 0.1) is 5.82 Å². The number of tetrazole rings is 1. The summed E-state index contributed by atoms with van der Waals surface area (Å²) in [6.45, 7) is 6.11. The van der Waals surface area contributed by atoms with Gasteiger partial charge in [-0.15, -0.1) is 5.10 Å². The summed E-state index contributed by atoms with van der Waals surface area (Å²) in [6.07, 6.45) is 0.906. The lowest BCUT2D eigenvalue weighted by Gasteiger charge is -2.28. The summed E-state index contributed by atoms with van der Waals surface area (Å²) >= 11 is 0. The fourth-order valence-corrected chi connectivity index (χ4v) is 5.34. The van der Waals surface area contributed by atoms with E-state index in [1.807, 2.05) is 13.8 Å². The van der Waals surface area contributed by atoms with Gasteiger partial charge in [0, 0.05) is 19.0 Å². The molecule has 0 aliphatic carbocycles. The molecule has 1 aliphatic heterocycles. The molecule has 0 bridgehead atoms. The number of sulfonamides is 1. The smallest absolute Gasteiger partial charge is 0.259 e. The zero-order chi connectivity index (χ0) is 24.5. The monoisotopic (exact) mass is 487 g/mol. The molecular weight excluding hydrogens is 461 g/mol. The first-order valence-corrected chi connectivity index (χ1v) is 12.7. The molecule has 1 aromatic carbocycles. The molecule has 0 radical (unpaired) electrons. The van der Waals surface area contributed by atoms with E-state index in [9.17, 15) is 17.6 Å². The van der Waals surface area contributed by atoms with Crippen LogP contribution in [0.2, 0.25) is 0 Å². The summed E-state index contributed by atoms with van der Waals surface area (Å²) in [7, 11) is -3.39. The standard InChI is InChI=1S/C22H26FN7O3S/c1-4-10-34(32,33)29-9-8-15-12-18(23)17(11-16(15)13-29)22(31)25-19-6-5-7-20(24-19)30-21(14(2)3)26-27-28-30/h5-7,11-12,14H,4,8-10,13H2,1-3H3,(H,24,25,31). The molecule has 1 N–H and O–H groups in total. The molecule has 3 heterocycles. The maximum absolute atomic E-state index is 14.8. The lowest BCUT2D eigenvalue weighted by Crippen LogP contribution is -2.37. The molecule has 1 aliphatic rings. The summed E-state index contributed by atoms with van der Waals surface area (Å²) in [5.41, 5.74) is 1.15. The Morgan fingerprint density at radius 2 is 2.03 bits per heavy atom. The number of nitrogens with zero attached hydrogens (tertiary/aromatic N) is 6. The second-order valence-electron chi connectivity index (χ2n) is 8.44. The van der Waals surface area contributed by atoms with Crippen LogP contribution >= 0.6 is 0 Å². The first kappa shape index (κ1) is 23.9. The molecule has 0 fully saturated rings. The number of carbonyl (C=O) groups excluding carboxylic acids is 1. The lowest BCUT2D eigenvalue weighted by atomic mass is 9.97. The number of halogens is 1. The Balaban J connectivity index is 1.57. The van der Waals surface area contributed by atoms with Gasteiger partial charge in [-0.2, -0.15) is 8.99 Å². The molecule has 10 nitrogen and oxygen atoms in total. The van der Waals surface area contributed by atoms with Crippen molar-refractivity contribution in [3.8, 4) is 5.82 Å². The van der Waals surface area contributed by atoms with Crippen molar-refractivity contribution in [3.05, 3.63) is 58.7 Å². The van der Waals surface area contributed by atoms with E-state index >= 15 is 0 Å². The third-order valence-electron chi connectivity index (χ3n) is 5.57. The molecule has 0 atom stereocenters. The summed E-state index contributed by atoms with van der Waals surface area (Å²) in [5, 5.41) is 14.3. The number of aromatic nitrogens is 5. The first-order chi connectivity index (χ1) is 16.2. The number of amides is 1. The van der Waals surface area contributed by atoms with Gasteiger partial charge in [-0.05, 0) is 58.7 Å². The number of fused-ring (bicyclic) bond motifs is 1. The van der Waals surface area contributed by atoms with Crippen molar-refractivity contribution in [2.75, 3.05) is 17.6 Å². The highest BCUT2D eigenvalue weighted by atomic mass is 32.2. The molecule has 34 heavy (non-hydrogen) atoms. The van der Waals surface area contributed by atoms with E-state index in [-0.39, 0.29) is 29.6 Å². The van der Waals surface area contributed by atoms with E-state index in [1.54, 1.807) is 25.1 Å². The Bertz CT molecular complexity index is 1320. The van der Waals surface area contributed by atoms with Gasteiger partial charge >= 0.3 is 0 Å². The van der Waals surface area contributed by atoms with Crippen LogP contribution in [0.1, 0.15) is 60.4 Å². The number of anilines is 1. The molecule has 2 aromatic heterocycles. The maximum atomic E-state index is 14.8. The van der Waals surface area contributed by atoms with Gasteiger partial charge in [-0.1, -0.05) is 26.8 Å². The Hall–Kier alpha value is -3.25. The average molecular weight is 488 g/mol. The largest absolute Gasteiger partial charge is 0.306 e. The predicted octanol–water partition coefficient (Wildman–Crippen LogP) is 2.67. The average Bonchev–Trinajstić information content (AvgIpc) is 3.29. The molecule has 3 aromatic rings. The highest BCUT2D eigenvalue weighted by molar-refractivity contribution is 7.89. The van der Waals surface area contributed by atoms with Crippen LogP contribution in [0.5, 0.6) is 0 Å². The summed E-state index contributed by atoms with van der Waals surface area (Å²) in [4.78, 5) is 17.3. The normalized spacial score (nSPS) is 14.3. The van der Waals surface area contributed by atoms with Crippen LogP contribution in [-0.4, -0.2) is 56.1 Å². The van der Waals surface area contributed by atoms with Gasteiger partial charge in [0.15, 0.2) is 11.6 Å².